The molecule has 0 aliphatic carbocycles. The maximum atomic E-state index is 9.84. The Labute approximate surface area is 55.6 Å². The molecule has 0 aliphatic heterocycles. The van der Waals surface area contributed by atoms with E-state index in [-0.39, 0.29) is 6.04 Å². The molecule has 1 unspecified atom stereocenters. The van der Waals surface area contributed by atoms with Crippen molar-refractivity contribution < 1.29 is 4.79 Å². The van der Waals surface area contributed by atoms with Crippen LogP contribution >= 0.6 is 0 Å². The number of hydrogen-bond acceptors (Lipinski definition) is 2. The number of nitrogens with two attached hydrogens (primary N) is 1. The molecule has 0 aromatic heterocycles. The Balaban J connectivity index is 3.04. The molecule has 0 saturated heterocycles. The fraction of sp³-hybridized carbons (Fsp3) is 0.833. The fourth-order valence-corrected chi connectivity index (χ4v) is 0.624. The largest absolute Gasteiger partial charge is 0.356 e. The molecule has 0 aromatic carbocycles. The van der Waals surface area contributed by atoms with Gasteiger partial charge in [-0.05, 0) is 26.3 Å². The average Bonchev–Trinajstić information content (AvgIpc) is 1.85. The van der Waals surface area contributed by atoms with Gasteiger partial charge in [0.2, 0.25) is 6.41 Å². The molecule has 0 bridgehead atoms. The van der Waals surface area contributed by atoms with Gasteiger partial charge < -0.3 is 11.1 Å². The van der Waals surface area contributed by atoms with E-state index in [1.165, 1.54) is 0 Å². The monoisotopic (exact) mass is 130 g/mol. The molecule has 9 heavy (non-hydrogen) atoms. The number of nitrogens with one attached hydrogen (secondary N) is 1. The zero-order chi connectivity index (χ0) is 7.11. The first kappa shape index (κ1) is 8.43. The van der Waals surface area contributed by atoms with Crippen LogP contribution in [0, 0.1) is 0 Å². The highest BCUT2D eigenvalue weighted by Crippen LogP contribution is 1.91. The molecule has 0 saturated carbocycles. The van der Waals surface area contributed by atoms with Gasteiger partial charge in [-0.3, -0.25) is 4.79 Å². The summed E-state index contributed by atoms with van der Waals surface area (Å²) in [4.78, 5) is 9.84. The van der Waals surface area contributed by atoms with Gasteiger partial charge in [-0.15, -0.1) is 0 Å². The summed E-state index contributed by atoms with van der Waals surface area (Å²) >= 11 is 0. The topological polar surface area (TPSA) is 55.1 Å². The summed E-state index contributed by atoms with van der Waals surface area (Å²) in [5, 5.41) is 2.64. The predicted octanol–water partition coefficient (Wildman–Crippen LogP) is -0.140. The molecule has 0 aromatic rings. The number of carbonyl (C=O) groups is 1. The van der Waals surface area contributed by atoms with Crippen LogP contribution < -0.4 is 11.1 Å². The lowest BCUT2D eigenvalue weighted by Crippen LogP contribution is -2.24. The number of amides is 1. The maximum Gasteiger partial charge on any atom is 0.207 e. The molecule has 0 heterocycles. The van der Waals surface area contributed by atoms with Crippen LogP contribution in [0.5, 0.6) is 0 Å². The van der Waals surface area contributed by atoms with E-state index in [0.29, 0.717) is 6.54 Å². The minimum Gasteiger partial charge on any atom is -0.356 e. The van der Waals surface area contributed by atoms with Crippen LogP contribution in [-0.2, 0) is 4.79 Å². The van der Waals surface area contributed by atoms with Gasteiger partial charge in [-0.2, -0.15) is 0 Å². The van der Waals surface area contributed by atoms with E-state index in [0.717, 1.165) is 19.3 Å². The van der Waals surface area contributed by atoms with Crippen molar-refractivity contribution in [1.29, 1.82) is 0 Å². The maximum absolute atomic E-state index is 9.84. The Bertz CT molecular complexity index is 75.5. The van der Waals surface area contributed by atoms with Crippen LogP contribution in [-0.4, -0.2) is 19.0 Å². The van der Waals surface area contributed by atoms with Crippen LogP contribution in [0.2, 0.25) is 0 Å². The Morgan fingerprint density at radius 2 is 2.44 bits per heavy atom. The third-order valence-electron chi connectivity index (χ3n) is 1.19. The highest BCUT2D eigenvalue weighted by Gasteiger charge is 1.95. The summed E-state index contributed by atoms with van der Waals surface area (Å²) < 4.78 is 0. The van der Waals surface area contributed by atoms with Crippen LogP contribution in [0.3, 0.4) is 0 Å². The Hall–Kier alpha value is -0.570. The summed E-state index contributed by atoms with van der Waals surface area (Å²) in [5.41, 5.74) is 5.26. The highest BCUT2D eigenvalue weighted by atomic mass is 16.1. The summed E-state index contributed by atoms with van der Waals surface area (Å²) in [6.07, 6.45) is 2.67. The summed E-state index contributed by atoms with van der Waals surface area (Å²) in [7, 11) is 0. The van der Waals surface area contributed by atoms with Crippen molar-refractivity contribution in [2.45, 2.75) is 25.8 Å². The van der Waals surface area contributed by atoms with Gasteiger partial charge in [-0.25, -0.2) is 0 Å². The van der Waals surface area contributed by atoms with E-state index in [4.69, 9.17) is 5.73 Å². The van der Waals surface area contributed by atoms with Gasteiger partial charge in [0.05, 0.1) is 0 Å². The first-order valence-electron chi connectivity index (χ1n) is 3.21. The number of hydrogen-bond donors (Lipinski definition) is 2. The molecule has 1 amide bonds. The van der Waals surface area contributed by atoms with Crippen molar-refractivity contribution in [3.05, 3.63) is 0 Å². The van der Waals surface area contributed by atoms with Gasteiger partial charge in [0.15, 0.2) is 0 Å². The fourth-order valence-electron chi connectivity index (χ4n) is 0.624. The second kappa shape index (κ2) is 5.56. The van der Waals surface area contributed by atoms with Crippen LogP contribution in [0.4, 0.5) is 0 Å². The van der Waals surface area contributed by atoms with Crippen LogP contribution in [0.25, 0.3) is 0 Å². The standard InChI is InChI=1S/C6H14N2O/c1-6(8-5-9)3-2-4-7/h5-6H,2-4,7H2,1H3,(H,8,9). The molecule has 1 atom stereocenters. The van der Waals surface area contributed by atoms with E-state index in [1.807, 2.05) is 6.92 Å². The SMILES string of the molecule is CC(CCCN)NC=O. The zero-order valence-electron chi connectivity index (χ0n) is 5.76. The molecule has 0 radical (unpaired) electrons. The van der Waals surface area contributed by atoms with Gasteiger partial charge in [0, 0.05) is 6.04 Å². The molecule has 3 nitrogen and oxygen atoms in total. The number of rotatable bonds is 5. The predicted molar refractivity (Wildman–Crippen MR) is 37.0 cm³/mol. The summed E-state index contributed by atoms with van der Waals surface area (Å²) in [6.45, 7) is 2.66. The molecule has 0 spiro atoms. The molecule has 3 heteroatoms. The number of carbonyl (C=O) groups excluding carboxylic acids is 1. The quantitative estimate of drug-likeness (QED) is 0.509. The minimum absolute atomic E-state index is 0.269. The van der Waals surface area contributed by atoms with Crippen LogP contribution in [0.15, 0.2) is 0 Å². The van der Waals surface area contributed by atoms with Gasteiger partial charge in [0.25, 0.3) is 0 Å². The molecule has 0 aliphatic rings. The van der Waals surface area contributed by atoms with Gasteiger partial charge in [-0.1, -0.05) is 0 Å². The average molecular weight is 130 g/mol. The van der Waals surface area contributed by atoms with E-state index < -0.39 is 0 Å². The normalized spacial score (nSPS) is 12.7. The molecule has 3 N–H and O–H groups in total. The second-order valence-electron chi connectivity index (χ2n) is 2.12. The van der Waals surface area contributed by atoms with Crippen molar-refractivity contribution in [2.24, 2.45) is 5.73 Å². The Kier molecular flexibility index (Phi) is 5.21. The van der Waals surface area contributed by atoms with Crippen molar-refractivity contribution in [3.63, 3.8) is 0 Å². The van der Waals surface area contributed by atoms with E-state index in [9.17, 15) is 4.79 Å². The first-order chi connectivity index (χ1) is 4.31. The van der Waals surface area contributed by atoms with Gasteiger partial charge in [0.1, 0.15) is 0 Å². The minimum atomic E-state index is 0.269. The first-order valence-corrected chi connectivity index (χ1v) is 3.21. The molecule has 54 valence electrons. The van der Waals surface area contributed by atoms with E-state index in [2.05, 4.69) is 5.32 Å². The molecule has 0 rings (SSSR count). The lowest BCUT2D eigenvalue weighted by atomic mass is 10.2. The smallest absolute Gasteiger partial charge is 0.207 e. The van der Waals surface area contributed by atoms with Crippen LogP contribution in [0.1, 0.15) is 19.8 Å². The van der Waals surface area contributed by atoms with Crippen molar-refractivity contribution in [1.82, 2.24) is 5.32 Å². The Morgan fingerprint density at radius 1 is 1.78 bits per heavy atom. The van der Waals surface area contributed by atoms with E-state index >= 15 is 0 Å². The molecular formula is C6H14N2O. The summed E-state index contributed by atoms with van der Waals surface area (Å²) in [5.74, 6) is 0. The Morgan fingerprint density at radius 3 is 2.89 bits per heavy atom. The second-order valence-corrected chi connectivity index (χ2v) is 2.12. The third kappa shape index (κ3) is 5.30. The summed E-state index contributed by atoms with van der Waals surface area (Å²) in [6, 6.07) is 0.269. The van der Waals surface area contributed by atoms with Gasteiger partial charge >= 0.3 is 0 Å². The molecular weight excluding hydrogens is 116 g/mol. The lowest BCUT2D eigenvalue weighted by Gasteiger charge is -2.07. The zero-order valence-corrected chi connectivity index (χ0v) is 5.76. The highest BCUT2D eigenvalue weighted by molar-refractivity contribution is 5.46. The third-order valence-corrected chi connectivity index (χ3v) is 1.19. The van der Waals surface area contributed by atoms with Crippen molar-refractivity contribution >= 4 is 6.41 Å². The van der Waals surface area contributed by atoms with Crippen molar-refractivity contribution in [3.8, 4) is 0 Å². The van der Waals surface area contributed by atoms with E-state index in [1.54, 1.807) is 0 Å². The molecule has 0 fully saturated rings. The lowest BCUT2D eigenvalue weighted by molar-refractivity contribution is -0.110. The van der Waals surface area contributed by atoms with Crippen molar-refractivity contribution in [2.75, 3.05) is 6.54 Å².